The topological polar surface area (TPSA) is 87.5 Å². The highest BCUT2D eigenvalue weighted by Gasteiger charge is 2.27. The van der Waals surface area contributed by atoms with Crippen LogP contribution in [0.1, 0.15) is 18.7 Å². The van der Waals surface area contributed by atoms with Gasteiger partial charge in [-0.05, 0) is 12.8 Å². The van der Waals surface area contributed by atoms with E-state index in [-0.39, 0.29) is 12.6 Å². The summed E-state index contributed by atoms with van der Waals surface area (Å²) >= 11 is 0. The van der Waals surface area contributed by atoms with Gasteiger partial charge in [-0.1, -0.05) is 0 Å². The number of hydrogen-bond donors (Lipinski definition) is 2. The zero-order chi connectivity index (χ0) is 13.8. The number of piperidine rings is 1. The normalized spacial score (nSPS) is 19.2. The Hall–Kier alpha value is -2.05. The molecule has 2 N–H and O–H groups in total. The minimum atomic E-state index is -0.832. The van der Waals surface area contributed by atoms with Crippen molar-refractivity contribution in [3.05, 3.63) is 18.2 Å². The Morgan fingerprint density at radius 2 is 2.37 bits per heavy atom. The number of imidazole rings is 1. The molecule has 1 fully saturated rings. The molecule has 0 aliphatic carbocycles. The number of aliphatic carboxylic acids is 1. The second-order valence-electron chi connectivity index (χ2n) is 4.74. The molecule has 1 aromatic rings. The summed E-state index contributed by atoms with van der Waals surface area (Å²) in [7, 11) is 1.86. The number of aryl methyl sites for hydroxylation is 1. The van der Waals surface area contributed by atoms with E-state index in [2.05, 4.69) is 10.3 Å². The highest BCUT2D eigenvalue weighted by Crippen LogP contribution is 2.16. The Kier molecular flexibility index (Phi) is 4.03. The largest absolute Gasteiger partial charge is 0.481 e. The molecule has 0 bridgehead atoms. The summed E-state index contributed by atoms with van der Waals surface area (Å²) in [5.74, 6) is -0.519. The van der Waals surface area contributed by atoms with Crippen LogP contribution in [-0.2, 0) is 18.4 Å². The van der Waals surface area contributed by atoms with Gasteiger partial charge in [0.05, 0.1) is 12.5 Å². The fourth-order valence-corrected chi connectivity index (χ4v) is 2.20. The van der Waals surface area contributed by atoms with Crippen LogP contribution in [0, 0.1) is 5.92 Å². The second-order valence-corrected chi connectivity index (χ2v) is 4.74. The lowest BCUT2D eigenvalue weighted by molar-refractivity contribution is -0.143. The van der Waals surface area contributed by atoms with Gasteiger partial charge in [-0.25, -0.2) is 9.78 Å². The third kappa shape index (κ3) is 3.24. The lowest BCUT2D eigenvalue weighted by atomic mass is 9.99. The summed E-state index contributed by atoms with van der Waals surface area (Å²) in [5, 5.41) is 11.7. The summed E-state index contributed by atoms with van der Waals surface area (Å²) < 4.78 is 1.83. The zero-order valence-corrected chi connectivity index (χ0v) is 10.9. The molecular formula is C12H18N4O3. The van der Waals surface area contributed by atoms with Crippen LogP contribution in [-0.4, -0.2) is 44.6 Å². The lowest BCUT2D eigenvalue weighted by Crippen LogP contribution is -2.47. The van der Waals surface area contributed by atoms with E-state index in [0.29, 0.717) is 19.5 Å². The monoisotopic (exact) mass is 266 g/mol. The van der Waals surface area contributed by atoms with E-state index in [1.54, 1.807) is 11.1 Å². The molecule has 19 heavy (non-hydrogen) atoms. The van der Waals surface area contributed by atoms with Crippen molar-refractivity contribution >= 4 is 12.0 Å². The van der Waals surface area contributed by atoms with Gasteiger partial charge in [0.2, 0.25) is 0 Å². The third-order valence-electron chi connectivity index (χ3n) is 3.38. The Bertz CT molecular complexity index is 471. The number of carboxylic acid groups (broad SMARTS) is 1. The van der Waals surface area contributed by atoms with Crippen LogP contribution in [0.2, 0.25) is 0 Å². The average molecular weight is 266 g/mol. The van der Waals surface area contributed by atoms with E-state index in [0.717, 1.165) is 12.2 Å². The maximum Gasteiger partial charge on any atom is 0.317 e. The van der Waals surface area contributed by atoms with E-state index in [1.807, 2.05) is 17.8 Å². The van der Waals surface area contributed by atoms with Gasteiger partial charge in [0, 0.05) is 32.5 Å². The molecule has 1 unspecified atom stereocenters. The zero-order valence-electron chi connectivity index (χ0n) is 10.9. The molecule has 1 aromatic heterocycles. The van der Waals surface area contributed by atoms with Crippen LogP contribution >= 0.6 is 0 Å². The van der Waals surface area contributed by atoms with Crippen molar-refractivity contribution in [2.24, 2.45) is 13.0 Å². The number of amides is 2. The summed E-state index contributed by atoms with van der Waals surface area (Å²) in [4.78, 5) is 28.6. The number of urea groups is 1. The molecule has 7 heteroatoms. The first-order valence-electron chi connectivity index (χ1n) is 6.29. The van der Waals surface area contributed by atoms with E-state index in [1.165, 1.54) is 0 Å². The van der Waals surface area contributed by atoms with Crippen molar-refractivity contribution in [1.82, 2.24) is 19.8 Å². The van der Waals surface area contributed by atoms with Crippen LogP contribution in [0.15, 0.2) is 12.4 Å². The first-order chi connectivity index (χ1) is 9.08. The highest BCUT2D eigenvalue weighted by molar-refractivity contribution is 5.76. The number of aromatic nitrogens is 2. The Labute approximate surface area is 111 Å². The Morgan fingerprint density at radius 3 is 3.00 bits per heavy atom. The highest BCUT2D eigenvalue weighted by atomic mass is 16.4. The van der Waals surface area contributed by atoms with Crippen molar-refractivity contribution in [3.63, 3.8) is 0 Å². The van der Waals surface area contributed by atoms with Crippen LogP contribution < -0.4 is 5.32 Å². The van der Waals surface area contributed by atoms with E-state index in [4.69, 9.17) is 5.11 Å². The molecule has 0 radical (unpaired) electrons. The molecular weight excluding hydrogens is 248 g/mol. The Balaban J connectivity index is 1.86. The molecule has 2 heterocycles. The first kappa shape index (κ1) is 13.4. The minimum Gasteiger partial charge on any atom is -0.481 e. The van der Waals surface area contributed by atoms with Crippen molar-refractivity contribution in [1.29, 1.82) is 0 Å². The second kappa shape index (κ2) is 5.73. The van der Waals surface area contributed by atoms with Crippen LogP contribution in [0.4, 0.5) is 4.79 Å². The summed E-state index contributed by atoms with van der Waals surface area (Å²) in [6.45, 7) is 1.23. The lowest BCUT2D eigenvalue weighted by Gasteiger charge is -2.30. The predicted molar refractivity (Wildman–Crippen MR) is 67.4 cm³/mol. The minimum absolute atomic E-state index is 0.228. The molecule has 2 rings (SSSR count). The number of carbonyl (C=O) groups excluding carboxylic acids is 1. The van der Waals surface area contributed by atoms with Crippen molar-refractivity contribution in [3.8, 4) is 0 Å². The fourth-order valence-electron chi connectivity index (χ4n) is 2.20. The van der Waals surface area contributed by atoms with Crippen LogP contribution in [0.25, 0.3) is 0 Å². The molecule has 0 aromatic carbocycles. The van der Waals surface area contributed by atoms with Crippen LogP contribution in [0.3, 0.4) is 0 Å². The quantitative estimate of drug-likeness (QED) is 0.830. The van der Waals surface area contributed by atoms with Gasteiger partial charge in [0.15, 0.2) is 0 Å². The van der Waals surface area contributed by atoms with Gasteiger partial charge in [-0.15, -0.1) is 0 Å². The van der Waals surface area contributed by atoms with Crippen LogP contribution in [0.5, 0.6) is 0 Å². The molecule has 1 atom stereocenters. The number of carbonyl (C=O) groups is 2. The molecule has 1 aliphatic heterocycles. The van der Waals surface area contributed by atoms with Gasteiger partial charge in [-0.3, -0.25) is 4.79 Å². The van der Waals surface area contributed by atoms with Gasteiger partial charge in [0.1, 0.15) is 5.82 Å². The number of likely N-dealkylation sites (tertiary alicyclic amines) is 1. The number of nitrogens with one attached hydrogen (secondary N) is 1. The molecule has 0 saturated carbocycles. The van der Waals surface area contributed by atoms with E-state index < -0.39 is 11.9 Å². The SMILES string of the molecule is Cn1ccnc1CNC(=O)N1CCCC(C(=O)O)C1. The maximum atomic E-state index is 12.0. The third-order valence-corrected chi connectivity index (χ3v) is 3.38. The molecule has 1 saturated heterocycles. The molecule has 7 nitrogen and oxygen atoms in total. The van der Waals surface area contributed by atoms with E-state index >= 15 is 0 Å². The molecule has 1 aliphatic rings. The molecule has 0 spiro atoms. The van der Waals surface area contributed by atoms with Crippen molar-refractivity contribution < 1.29 is 14.7 Å². The number of hydrogen-bond acceptors (Lipinski definition) is 3. The molecule has 104 valence electrons. The predicted octanol–water partition coefficient (Wildman–Crippen LogP) is 0.426. The fraction of sp³-hybridized carbons (Fsp3) is 0.583. The van der Waals surface area contributed by atoms with Crippen molar-refractivity contribution in [2.75, 3.05) is 13.1 Å². The summed E-state index contributed by atoms with van der Waals surface area (Å²) in [5.41, 5.74) is 0. The summed E-state index contributed by atoms with van der Waals surface area (Å²) in [6.07, 6.45) is 4.84. The standard InChI is InChI=1S/C12H18N4O3/c1-15-6-4-13-10(15)7-14-12(19)16-5-2-3-9(8-16)11(17)18/h4,6,9H,2-3,5,7-8H2,1H3,(H,14,19)(H,17,18). The smallest absolute Gasteiger partial charge is 0.317 e. The van der Waals surface area contributed by atoms with Gasteiger partial charge in [-0.2, -0.15) is 0 Å². The number of nitrogens with zero attached hydrogens (tertiary/aromatic N) is 3. The van der Waals surface area contributed by atoms with Gasteiger partial charge in [0.25, 0.3) is 0 Å². The van der Waals surface area contributed by atoms with E-state index in [9.17, 15) is 9.59 Å². The number of carboxylic acids is 1. The first-order valence-corrected chi connectivity index (χ1v) is 6.29. The van der Waals surface area contributed by atoms with Gasteiger partial charge >= 0.3 is 12.0 Å². The van der Waals surface area contributed by atoms with Gasteiger partial charge < -0.3 is 19.9 Å². The Morgan fingerprint density at radius 1 is 1.58 bits per heavy atom. The average Bonchev–Trinajstić information content (AvgIpc) is 2.81. The number of rotatable bonds is 3. The maximum absolute atomic E-state index is 12.0. The summed E-state index contributed by atoms with van der Waals surface area (Å²) in [6, 6.07) is -0.228. The van der Waals surface area contributed by atoms with Crippen molar-refractivity contribution in [2.45, 2.75) is 19.4 Å². The molecule has 2 amide bonds.